The molecule has 24 heavy (non-hydrogen) atoms. The number of nitrogens with one attached hydrogen (secondary N) is 1. The fourth-order valence-electron chi connectivity index (χ4n) is 3.05. The molecule has 0 bridgehead atoms. The van der Waals surface area contributed by atoms with E-state index in [0.717, 1.165) is 23.6 Å². The van der Waals surface area contributed by atoms with Crippen molar-refractivity contribution in [3.05, 3.63) is 42.0 Å². The smallest absolute Gasteiger partial charge is 0.255 e. The first-order chi connectivity index (χ1) is 11.7. The molecule has 0 aliphatic carbocycles. The minimum atomic E-state index is -0.188. The molecule has 0 spiro atoms. The molecule has 3 heteroatoms. The quantitative estimate of drug-likeness (QED) is 0.573. The minimum Gasteiger partial charge on any atom is -0.507 e. The number of carbonyl (C=O) groups is 1. The number of phenols is 1. The lowest BCUT2D eigenvalue weighted by Gasteiger charge is -2.10. The molecule has 0 aliphatic heterocycles. The van der Waals surface area contributed by atoms with Crippen LogP contribution >= 0.6 is 0 Å². The summed E-state index contributed by atoms with van der Waals surface area (Å²) in [5, 5.41) is 14.8. The lowest BCUT2D eigenvalue weighted by Crippen LogP contribution is -2.24. The van der Waals surface area contributed by atoms with Crippen LogP contribution in [0.4, 0.5) is 0 Å². The molecule has 2 rings (SSSR count). The number of phenolic OH excluding ortho intramolecular Hbond substituents is 1. The van der Waals surface area contributed by atoms with Crippen LogP contribution in [0.1, 0.15) is 68.6 Å². The van der Waals surface area contributed by atoms with Crippen molar-refractivity contribution >= 4 is 16.7 Å². The highest BCUT2D eigenvalue weighted by Gasteiger charge is 2.14. The van der Waals surface area contributed by atoms with Crippen molar-refractivity contribution in [3.63, 3.8) is 0 Å². The van der Waals surface area contributed by atoms with Crippen molar-refractivity contribution in [1.29, 1.82) is 0 Å². The number of unbranched alkanes of at least 4 members (excludes halogenated alkanes) is 7. The van der Waals surface area contributed by atoms with Gasteiger partial charge in [-0.1, -0.05) is 82.2 Å². The van der Waals surface area contributed by atoms with E-state index in [-0.39, 0.29) is 11.7 Å². The molecule has 0 saturated carbocycles. The van der Waals surface area contributed by atoms with Gasteiger partial charge in [-0.2, -0.15) is 0 Å². The van der Waals surface area contributed by atoms with Crippen LogP contribution in [0.2, 0.25) is 0 Å². The first kappa shape index (κ1) is 18.3. The third kappa shape index (κ3) is 5.26. The molecular weight excluding hydrogens is 298 g/mol. The number of aromatic hydroxyl groups is 1. The number of hydrogen-bond acceptors (Lipinski definition) is 2. The molecule has 3 nitrogen and oxygen atoms in total. The molecule has 2 aromatic carbocycles. The highest BCUT2D eigenvalue weighted by molar-refractivity contribution is 6.09. The molecule has 0 saturated heterocycles. The maximum Gasteiger partial charge on any atom is 0.255 e. The van der Waals surface area contributed by atoms with E-state index in [0.29, 0.717) is 12.1 Å². The van der Waals surface area contributed by atoms with Gasteiger partial charge in [-0.3, -0.25) is 4.79 Å². The van der Waals surface area contributed by atoms with E-state index in [4.69, 9.17) is 0 Å². The van der Waals surface area contributed by atoms with Crippen molar-refractivity contribution in [2.75, 3.05) is 6.54 Å². The third-order valence-corrected chi connectivity index (χ3v) is 4.45. The van der Waals surface area contributed by atoms with E-state index in [1.54, 1.807) is 6.07 Å². The molecule has 0 aromatic heterocycles. The van der Waals surface area contributed by atoms with Crippen molar-refractivity contribution in [1.82, 2.24) is 5.32 Å². The van der Waals surface area contributed by atoms with Crippen LogP contribution in [-0.4, -0.2) is 17.6 Å². The number of amides is 1. The van der Waals surface area contributed by atoms with Gasteiger partial charge in [-0.05, 0) is 23.3 Å². The van der Waals surface area contributed by atoms with Gasteiger partial charge in [0, 0.05) is 6.54 Å². The number of hydrogen-bond donors (Lipinski definition) is 2. The van der Waals surface area contributed by atoms with Crippen molar-refractivity contribution < 1.29 is 9.90 Å². The van der Waals surface area contributed by atoms with Crippen molar-refractivity contribution in [2.45, 2.75) is 58.3 Å². The second kappa shape index (κ2) is 9.96. The molecule has 2 N–H and O–H groups in total. The Labute approximate surface area is 145 Å². The van der Waals surface area contributed by atoms with Gasteiger partial charge >= 0.3 is 0 Å². The summed E-state index contributed by atoms with van der Waals surface area (Å²) in [4.78, 5) is 12.4. The van der Waals surface area contributed by atoms with Gasteiger partial charge in [0.2, 0.25) is 0 Å². The van der Waals surface area contributed by atoms with Gasteiger partial charge in [0.05, 0.1) is 5.56 Å². The molecule has 0 atom stereocenters. The molecule has 0 fully saturated rings. The summed E-state index contributed by atoms with van der Waals surface area (Å²) in [5.74, 6) is -0.144. The Balaban J connectivity index is 1.76. The normalized spacial score (nSPS) is 10.9. The molecule has 130 valence electrons. The van der Waals surface area contributed by atoms with E-state index >= 15 is 0 Å². The zero-order chi connectivity index (χ0) is 17.2. The van der Waals surface area contributed by atoms with Gasteiger partial charge < -0.3 is 10.4 Å². The molecule has 1 amide bonds. The van der Waals surface area contributed by atoms with Crippen molar-refractivity contribution in [2.24, 2.45) is 0 Å². The van der Waals surface area contributed by atoms with Gasteiger partial charge in [0.25, 0.3) is 5.91 Å². The first-order valence-electron chi connectivity index (χ1n) is 9.23. The molecule has 2 aromatic rings. The van der Waals surface area contributed by atoms with Crippen LogP contribution in [0.3, 0.4) is 0 Å². The molecule has 0 radical (unpaired) electrons. The standard InChI is InChI=1S/C21H29NO2/c1-2-3-4-5-6-7-8-11-16-22-21(24)20-18-13-10-9-12-17(18)14-15-19(20)23/h9-10,12-15,23H,2-8,11,16H2,1H3,(H,22,24). The Morgan fingerprint density at radius 2 is 1.58 bits per heavy atom. The van der Waals surface area contributed by atoms with Crippen molar-refractivity contribution in [3.8, 4) is 5.75 Å². The van der Waals surface area contributed by atoms with E-state index in [2.05, 4.69) is 12.2 Å². The number of rotatable bonds is 10. The Morgan fingerprint density at radius 3 is 2.33 bits per heavy atom. The van der Waals surface area contributed by atoms with Gasteiger partial charge in [-0.15, -0.1) is 0 Å². The Morgan fingerprint density at radius 1 is 0.917 bits per heavy atom. The number of fused-ring (bicyclic) bond motifs is 1. The predicted molar refractivity (Wildman–Crippen MR) is 101 cm³/mol. The first-order valence-corrected chi connectivity index (χ1v) is 9.23. The maximum absolute atomic E-state index is 12.4. The SMILES string of the molecule is CCCCCCCCCCNC(=O)c1c(O)ccc2ccccc12. The Bertz CT molecular complexity index is 651. The zero-order valence-electron chi connectivity index (χ0n) is 14.7. The van der Waals surface area contributed by atoms with E-state index in [1.165, 1.54) is 38.5 Å². The Kier molecular flexibility index (Phi) is 7.60. The average molecular weight is 327 g/mol. The summed E-state index contributed by atoms with van der Waals surface area (Å²) in [5.41, 5.74) is 0.382. The molecule has 0 unspecified atom stereocenters. The van der Waals surface area contributed by atoms with Crippen LogP contribution in [0.25, 0.3) is 10.8 Å². The summed E-state index contributed by atoms with van der Waals surface area (Å²) in [6.07, 6.45) is 9.95. The highest BCUT2D eigenvalue weighted by Crippen LogP contribution is 2.26. The molecule has 0 aliphatic rings. The van der Waals surface area contributed by atoms with E-state index in [9.17, 15) is 9.90 Å². The summed E-state index contributed by atoms with van der Waals surface area (Å²) in [6, 6.07) is 11.1. The van der Waals surface area contributed by atoms with Crippen LogP contribution in [-0.2, 0) is 0 Å². The van der Waals surface area contributed by atoms with Crippen LogP contribution in [0.15, 0.2) is 36.4 Å². The summed E-state index contributed by atoms with van der Waals surface area (Å²) < 4.78 is 0. The van der Waals surface area contributed by atoms with Crippen LogP contribution < -0.4 is 5.32 Å². The molecular formula is C21H29NO2. The third-order valence-electron chi connectivity index (χ3n) is 4.45. The predicted octanol–water partition coefficient (Wildman–Crippen LogP) is 5.42. The second-order valence-electron chi connectivity index (χ2n) is 6.41. The summed E-state index contributed by atoms with van der Waals surface area (Å²) >= 11 is 0. The van der Waals surface area contributed by atoms with Gasteiger partial charge in [-0.25, -0.2) is 0 Å². The Hall–Kier alpha value is -2.03. The molecule has 0 heterocycles. The zero-order valence-corrected chi connectivity index (χ0v) is 14.7. The average Bonchev–Trinajstić information content (AvgIpc) is 2.60. The summed E-state index contributed by atoms with van der Waals surface area (Å²) in [7, 11) is 0. The highest BCUT2D eigenvalue weighted by atomic mass is 16.3. The van der Waals surface area contributed by atoms with E-state index in [1.807, 2.05) is 30.3 Å². The fraction of sp³-hybridized carbons (Fsp3) is 0.476. The second-order valence-corrected chi connectivity index (χ2v) is 6.41. The summed E-state index contributed by atoms with van der Waals surface area (Å²) in [6.45, 7) is 2.90. The van der Waals surface area contributed by atoms with E-state index < -0.39 is 0 Å². The lowest BCUT2D eigenvalue weighted by atomic mass is 10.0. The topological polar surface area (TPSA) is 49.3 Å². The fourth-order valence-corrected chi connectivity index (χ4v) is 3.05. The van der Waals surface area contributed by atoms with Gasteiger partial charge in [0.1, 0.15) is 5.75 Å². The van der Waals surface area contributed by atoms with Gasteiger partial charge in [0.15, 0.2) is 0 Å². The maximum atomic E-state index is 12.4. The largest absolute Gasteiger partial charge is 0.507 e. The van der Waals surface area contributed by atoms with Crippen LogP contribution in [0.5, 0.6) is 5.75 Å². The monoisotopic (exact) mass is 327 g/mol. The number of benzene rings is 2. The van der Waals surface area contributed by atoms with Crippen LogP contribution in [0, 0.1) is 0 Å². The lowest BCUT2D eigenvalue weighted by molar-refractivity contribution is 0.0952. The number of carbonyl (C=O) groups excluding carboxylic acids is 1. The minimum absolute atomic E-state index is 0.0436.